The molecule has 0 saturated carbocycles. The first-order valence-electron chi connectivity index (χ1n) is 34.8. The van der Waals surface area contributed by atoms with E-state index >= 15 is 4.79 Å². The van der Waals surface area contributed by atoms with Gasteiger partial charge in [-0.2, -0.15) is 0 Å². The van der Waals surface area contributed by atoms with Crippen LogP contribution in [-0.4, -0.2) is 173 Å². The van der Waals surface area contributed by atoms with Crippen molar-refractivity contribution in [3.8, 4) is 0 Å². The van der Waals surface area contributed by atoms with Crippen LogP contribution < -0.4 is 80.6 Å². The van der Waals surface area contributed by atoms with Crippen LogP contribution in [0.25, 0.3) is 0 Å². The Balaban J connectivity index is 1.04. The number of halogens is 1. The molecule has 9 atom stereocenters. The molecular formula is C74H88ClN17O15. The SMILES string of the molecule is CC(=O)N[C@H](Cc1ccc2c(c1)CC=CC2)C(=O)NC(Cc1ccc(Cl)cc1)C(=O)N[C@H](Cc1cccnc1)C(=O)NCC(=O)NC(Cc1ccc(NC(=O)C2CC(=O)NC(=O)N2)cc1)C(=O)NC(Cc1ccc(NC(N)=O)cc1)C(=O)NC(CC(C)C)C(=O)NCC(=O)N1CCCC1C(=O)NC(C)C(N)=O. The average molecular weight is 1490 g/mol. The second-order valence-electron chi connectivity index (χ2n) is 26.7. The van der Waals surface area contributed by atoms with Gasteiger partial charge in [0.15, 0.2) is 0 Å². The van der Waals surface area contributed by atoms with Crippen molar-refractivity contribution in [2.24, 2.45) is 17.4 Å². The maximum atomic E-state index is 15.1. The van der Waals surface area contributed by atoms with Crippen LogP contribution >= 0.6 is 11.6 Å². The van der Waals surface area contributed by atoms with Crippen LogP contribution in [0.3, 0.4) is 0 Å². The zero-order chi connectivity index (χ0) is 77.4. The number of rotatable bonds is 34. The average Bonchev–Trinajstić information content (AvgIpc) is 1.63. The highest BCUT2D eigenvalue weighted by Crippen LogP contribution is 2.22. The van der Waals surface area contributed by atoms with Crippen LogP contribution in [0.4, 0.5) is 21.0 Å². The lowest BCUT2D eigenvalue weighted by atomic mass is 9.93. The van der Waals surface area contributed by atoms with Crippen molar-refractivity contribution in [1.29, 1.82) is 0 Å². The number of pyridine rings is 1. The summed E-state index contributed by atoms with van der Waals surface area (Å²) in [5.41, 5.74) is 15.9. The molecule has 32 nitrogen and oxygen atoms in total. The van der Waals surface area contributed by atoms with Gasteiger partial charge in [0, 0.05) is 74.4 Å². The number of nitrogens with zero attached hydrogens (tertiary/aromatic N) is 2. The molecule has 1 aromatic heterocycles. The van der Waals surface area contributed by atoms with Crippen molar-refractivity contribution in [1.82, 2.24) is 68.4 Å². The Morgan fingerprint density at radius 2 is 1.07 bits per heavy atom. The van der Waals surface area contributed by atoms with Crippen molar-refractivity contribution in [3.05, 3.63) is 172 Å². The fourth-order valence-corrected chi connectivity index (χ4v) is 12.4. The minimum absolute atomic E-state index is 0.00764. The van der Waals surface area contributed by atoms with Gasteiger partial charge in [0.1, 0.15) is 54.4 Å². The number of hydrogen-bond acceptors (Lipinski definition) is 16. The smallest absolute Gasteiger partial charge is 0.322 e. The summed E-state index contributed by atoms with van der Waals surface area (Å²) in [5.74, 6) is -10.3. The van der Waals surface area contributed by atoms with E-state index in [2.05, 4.69) is 74.9 Å². The highest BCUT2D eigenvalue weighted by atomic mass is 35.5. The monoisotopic (exact) mass is 1490 g/mol. The number of primary amides is 2. The van der Waals surface area contributed by atoms with Gasteiger partial charge >= 0.3 is 12.1 Å². The molecule has 17 N–H and O–H groups in total. The minimum Gasteiger partial charge on any atom is -0.368 e. The minimum atomic E-state index is -1.61. The lowest BCUT2D eigenvalue weighted by Gasteiger charge is -2.27. The molecule has 5 aromatic rings. The zero-order valence-corrected chi connectivity index (χ0v) is 60.1. The number of imide groups is 1. The molecule has 2 aliphatic heterocycles. The van der Waals surface area contributed by atoms with E-state index in [9.17, 15) is 67.1 Å². The topological polar surface area (TPSA) is 481 Å². The highest BCUT2D eigenvalue weighted by molar-refractivity contribution is 6.30. The van der Waals surface area contributed by atoms with E-state index < -0.39 is 156 Å². The Hall–Kier alpha value is -12.1. The van der Waals surface area contributed by atoms with Gasteiger partial charge in [-0.05, 0) is 126 Å². The first-order valence-corrected chi connectivity index (χ1v) is 35.2. The number of fused-ring (bicyclic) bond motifs is 1. The standard InChI is InChI=1S/C74H88ClN17O15/c1-40(2)29-53(65(98)80-39-63(96)92-28-8-12-60(92)72(105)81-41(3)64(76)97)86-70(103)58(33-45-18-25-52(26-19-45)84-73(77)106)89-69(102)56(31-44-16-23-51(24-17-44)83-67(100)59-36-61(94)91-74(107)90-59)85-62(95)38-79-66(99)54(35-47-9-7-27-78-37-47)87-71(104)57(32-43-14-21-50(75)22-15-43)88-68(101)55(82-42(4)93)34-46-13-20-48-10-5-6-11-49(48)30-46/h5-7,9,13-27,30,37,40-41,53-60H,8,10-12,28-29,31-36,38-39H2,1-4H3,(H2,76,97)(H,79,99)(H,80,98)(H,81,105)(H,82,93)(H,83,100)(H,85,95)(H,86,103)(H,87,104)(H,88,101)(H,89,102)(H3,77,84,106)(H2,90,91,94,107)/t41?,53?,54-,55-,56?,57?,58?,59?,60?/m1/s1. The maximum absolute atomic E-state index is 15.1. The number of nitrogens with two attached hydrogens (primary N) is 2. The second kappa shape index (κ2) is 38.6. The Bertz CT molecular complexity index is 4150. The molecule has 3 heterocycles. The lowest BCUT2D eigenvalue weighted by Crippen LogP contribution is -2.59. The molecule has 8 rings (SSSR count). The van der Waals surface area contributed by atoms with Crippen LogP contribution in [0.1, 0.15) is 92.3 Å². The predicted molar refractivity (Wildman–Crippen MR) is 391 cm³/mol. The molecule has 0 spiro atoms. The van der Waals surface area contributed by atoms with E-state index in [1.165, 1.54) is 79.7 Å². The summed E-state index contributed by atoms with van der Waals surface area (Å²) in [6.07, 6.45) is 7.99. The fourth-order valence-electron chi connectivity index (χ4n) is 12.2. The van der Waals surface area contributed by atoms with Crippen molar-refractivity contribution >= 4 is 112 Å². The Morgan fingerprint density at radius 3 is 1.62 bits per heavy atom. The molecule has 0 radical (unpaired) electrons. The van der Waals surface area contributed by atoms with E-state index in [1.807, 2.05) is 29.6 Å². The van der Waals surface area contributed by atoms with E-state index in [1.54, 1.807) is 50.2 Å². The Labute approximate surface area is 621 Å². The number of carbonyl (C=O) groups is 15. The number of amides is 17. The number of allylic oxidation sites excluding steroid dienone is 2. The van der Waals surface area contributed by atoms with E-state index in [-0.39, 0.29) is 75.2 Å². The third kappa shape index (κ3) is 25.1. The van der Waals surface area contributed by atoms with Gasteiger partial charge in [-0.25, -0.2) is 9.59 Å². The molecular weight excluding hydrogens is 1400 g/mol. The number of carbonyl (C=O) groups excluding carboxylic acids is 15. The second-order valence-corrected chi connectivity index (χ2v) is 27.1. The molecule has 566 valence electrons. The number of hydrogen-bond donors (Lipinski definition) is 15. The van der Waals surface area contributed by atoms with Gasteiger partial charge in [0.2, 0.25) is 76.8 Å². The molecule has 2 saturated heterocycles. The van der Waals surface area contributed by atoms with Crippen molar-refractivity contribution < 1.29 is 71.9 Å². The summed E-state index contributed by atoms with van der Waals surface area (Å²) in [5, 5.41) is 33.8. The highest BCUT2D eigenvalue weighted by Gasteiger charge is 2.38. The first kappa shape index (κ1) is 80.6. The molecule has 7 unspecified atom stereocenters. The molecule has 2 fully saturated rings. The summed E-state index contributed by atoms with van der Waals surface area (Å²) in [4.78, 5) is 208. The summed E-state index contributed by atoms with van der Waals surface area (Å²) >= 11 is 6.24. The molecule has 1 aliphatic carbocycles. The number of benzene rings is 4. The van der Waals surface area contributed by atoms with Crippen LogP contribution in [0.15, 0.2) is 128 Å². The summed E-state index contributed by atoms with van der Waals surface area (Å²) in [6.45, 7) is 4.93. The van der Waals surface area contributed by atoms with Crippen molar-refractivity contribution in [3.63, 3.8) is 0 Å². The number of anilines is 2. The number of likely N-dealkylation sites (tertiary alicyclic amines) is 1. The van der Waals surface area contributed by atoms with E-state index in [0.717, 1.165) is 23.1 Å². The number of nitrogens with one attached hydrogen (secondary N) is 13. The lowest BCUT2D eigenvalue weighted by molar-refractivity contribution is -0.139. The Kier molecular flexibility index (Phi) is 29.1. The van der Waals surface area contributed by atoms with E-state index in [4.69, 9.17) is 23.1 Å². The molecule has 17 amide bonds. The summed E-state index contributed by atoms with van der Waals surface area (Å²) < 4.78 is 0. The fraction of sp³-hybridized carbons (Fsp3) is 0.378. The predicted octanol–water partition coefficient (Wildman–Crippen LogP) is 0.118. The first-order chi connectivity index (χ1) is 51.0. The van der Waals surface area contributed by atoms with Crippen LogP contribution in [-0.2, 0) is 107 Å². The molecule has 107 heavy (non-hydrogen) atoms. The zero-order valence-electron chi connectivity index (χ0n) is 59.3. The summed E-state index contributed by atoms with van der Waals surface area (Å²) in [7, 11) is 0. The van der Waals surface area contributed by atoms with Crippen LogP contribution in [0.5, 0.6) is 0 Å². The third-order valence-corrected chi connectivity index (χ3v) is 18.0. The van der Waals surface area contributed by atoms with Gasteiger partial charge in [-0.3, -0.25) is 72.6 Å². The normalized spacial score (nSPS) is 16.3. The number of aromatic nitrogens is 1. The van der Waals surface area contributed by atoms with Gasteiger partial charge in [0.05, 0.1) is 19.5 Å². The van der Waals surface area contributed by atoms with Gasteiger partial charge in [0.25, 0.3) is 0 Å². The molecule has 33 heteroatoms. The summed E-state index contributed by atoms with van der Waals surface area (Å²) in [6, 6.07) is 14.0. The van der Waals surface area contributed by atoms with Crippen LogP contribution in [0.2, 0.25) is 5.02 Å². The Morgan fingerprint density at radius 1 is 0.561 bits per heavy atom. The van der Waals surface area contributed by atoms with E-state index in [0.29, 0.717) is 40.1 Å². The van der Waals surface area contributed by atoms with Crippen molar-refractivity contribution in [2.75, 3.05) is 30.3 Å². The largest absolute Gasteiger partial charge is 0.368 e. The quantitative estimate of drug-likeness (QED) is 0.0243. The van der Waals surface area contributed by atoms with Gasteiger partial charge in [-0.15, -0.1) is 0 Å². The molecule has 4 aromatic carbocycles. The molecule has 3 aliphatic rings. The van der Waals surface area contributed by atoms with Gasteiger partial charge < -0.3 is 80.2 Å². The maximum Gasteiger partial charge on any atom is 0.322 e. The van der Waals surface area contributed by atoms with Gasteiger partial charge in [-0.1, -0.05) is 98.3 Å². The number of urea groups is 2. The van der Waals surface area contributed by atoms with Crippen LogP contribution in [0, 0.1) is 5.92 Å². The van der Waals surface area contributed by atoms with Crippen molar-refractivity contribution in [2.45, 2.75) is 153 Å². The molecule has 0 bridgehead atoms. The third-order valence-electron chi connectivity index (χ3n) is 17.7.